The van der Waals surface area contributed by atoms with Crippen LogP contribution in [0.4, 0.5) is 0 Å². The first-order valence-corrected chi connectivity index (χ1v) is 11.6. The van der Waals surface area contributed by atoms with Gasteiger partial charge in [-0.05, 0) is 31.4 Å². The van der Waals surface area contributed by atoms with Crippen LogP contribution in [0, 0.1) is 13.8 Å². The van der Waals surface area contributed by atoms with Gasteiger partial charge in [0, 0.05) is 48.8 Å². The van der Waals surface area contributed by atoms with Crippen molar-refractivity contribution in [2.45, 2.75) is 26.2 Å². The minimum Gasteiger partial charge on any atom is -0.337 e. The van der Waals surface area contributed by atoms with Crippen molar-refractivity contribution < 1.29 is 4.79 Å². The quantitative estimate of drug-likeness (QED) is 0.408. The molecule has 1 saturated heterocycles. The molecule has 1 amide bonds. The average molecular weight is 451 g/mol. The number of halogens is 1. The Bertz CT molecular complexity index is 1290. The monoisotopic (exact) mass is 450 g/mol. The molecule has 7 heteroatoms. The van der Waals surface area contributed by atoms with E-state index < -0.39 is 0 Å². The molecule has 5 nitrogen and oxygen atoms in total. The lowest BCUT2D eigenvalue weighted by Crippen LogP contribution is -2.28. The second-order valence-electron chi connectivity index (χ2n) is 8.17. The smallest absolute Gasteiger partial charge is 0.264 e. The standard InChI is InChI=1S/C24H23ClN4OS/c1-14-19-20(18-11-26-28(3)12-18)22(31-23(19)27-15(2)21(14)25)24(30)29-10-9-17(13-29)16-7-5-4-6-8-16/h4-8,11-12,17H,9-10,13H2,1-3H3. The lowest BCUT2D eigenvalue weighted by atomic mass is 9.99. The number of aromatic nitrogens is 3. The van der Waals surface area contributed by atoms with E-state index in [1.54, 1.807) is 4.68 Å². The lowest BCUT2D eigenvalue weighted by Gasteiger charge is -2.17. The summed E-state index contributed by atoms with van der Waals surface area (Å²) in [6.07, 6.45) is 4.73. The molecule has 1 aliphatic heterocycles. The molecule has 0 aliphatic carbocycles. The third kappa shape index (κ3) is 3.44. The number of thiophene rings is 1. The van der Waals surface area contributed by atoms with Crippen LogP contribution >= 0.6 is 22.9 Å². The number of benzene rings is 1. The van der Waals surface area contributed by atoms with Crippen LogP contribution in [0.25, 0.3) is 21.3 Å². The maximum absolute atomic E-state index is 13.7. The van der Waals surface area contributed by atoms with E-state index in [0.717, 1.165) is 52.1 Å². The number of nitrogens with zero attached hydrogens (tertiary/aromatic N) is 4. The summed E-state index contributed by atoms with van der Waals surface area (Å²) in [6, 6.07) is 10.5. The van der Waals surface area contributed by atoms with Gasteiger partial charge in [0.25, 0.3) is 5.91 Å². The van der Waals surface area contributed by atoms with E-state index in [0.29, 0.717) is 15.8 Å². The van der Waals surface area contributed by atoms with E-state index in [9.17, 15) is 4.79 Å². The molecule has 0 spiro atoms. The molecule has 1 aliphatic rings. The normalized spacial score (nSPS) is 16.4. The number of pyridine rings is 1. The molecule has 5 rings (SSSR count). The van der Waals surface area contributed by atoms with Gasteiger partial charge in [0.2, 0.25) is 0 Å². The number of aryl methyl sites for hydroxylation is 3. The molecule has 4 heterocycles. The summed E-state index contributed by atoms with van der Waals surface area (Å²) in [5.41, 5.74) is 4.85. The van der Waals surface area contributed by atoms with Crippen molar-refractivity contribution in [2.24, 2.45) is 7.05 Å². The number of amides is 1. The van der Waals surface area contributed by atoms with E-state index in [4.69, 9.17) is 16.6 Å². The van der Waals surface area contributed by atoms with Gasteiger partial charge in [-0.25, -0.2) is 4.98 Å². The Hall–Kier alpha value is -2.70. The van der Waals surface area contributed by atoms with Crippen LogP contribution in [-0.2, 0) is 7.05 Å². The van der Waals surface area contributed by atoms with Gasteiger partial charge in [-0.3, -0.25) is 9.48 Å². The number of carbonyl (C=O) groups excluding carboxylic acids is 1. The van der Waals surface area contributed by atoms with Crippen molar-refractivity contribution in [3.63, 3.8) is 0 Å². The zero-order valence-corrected chi connectivity index (χ0v) is 19.3. The second-order valence-corrected chi connectivity index (χ2v) is 9.55. The highest BCUT2D eigenvalue weighted by Crippen LogP contribution is 2.43. The van der Waals surface area contributed by atoms with Crippen LogP contribution in [0.1, 0.15) is 38.8 Å². The highest BCUT2D eigenvalue weighted by Gasteiger charge is 2.32. The highest BCUT2D eigenvalue weighted by molar-refractivity contribution is 7.21. The molecule has 31 heavy (non-hydrogen) atoms. The van der Waals surface area contributed by atoms with E-state index in [1.165, 1.54) is 16.9 Å². The molecule has 4 aromatic rings. The van der Waals surface area contributed by atoms with Gasteiger partial charge in [-0.15, -0.1) is 11.3 Å². The molecule has 3 aromatic heterocycles. The Morgan fingerprint density at radius 2 is 2.00 bits per heavy atom. The maximum atomic E-state index is 13.7. The van der Waals surface area contributed by atoms with E-state index in [1.807, 2.05) is 44.3 Å². The molecular formula is C24H23ClN4OS. The van der Waals surface area contributed by atoms with Crippen molar-refractivity contribution in [3.05, 3.63) is 69.4 Å². The molecule has 158 valence electrons. The van der Waals surface area contributed by atoms with Crippen molar-refractivity contribution >= 4 is 39.1 Å². The largest absolute Gasteiger partial charge is 0.337 e. The summed E-state index contributed by atoms with van der Waals surface area (Å²) in [5, 5.41) is 5.95. The van der Waals surface area contributed by atoms with E-state index in [-0.39, 0.29) is 5.91 Å². The summed E-state index contributed by atoms with van der Waals surface area (Å²) >= 11 is 8.01. The topological polar surface area (TPSA) is 51.0 Å². The van der Waals surface area contributed by atoms with Crippen LogP contribution < -0.4 is 0 Å². The third-order valence-electron chi connectivity index (χ3n) is 6.12. The number of likely N-dealkylation sites (tertiary alicyclic amines) is 1. The Labute approximate surface area is 190 Å². The van der Waals surface area contributed by atoms with Gasteiger partial charge in [0.05, 0.1) is 16.9 Å². The van der Waals surface area contributed by atoms with Crippen LogP contribution in [0.3, 0.4) is 0 Å². The number of fused-ring (bicyclic) bond motifs is 1. The van der Waals surface area contributed by atoms with Crippen molar-refractivity contribution in [3.8, 4) is 11.1 Å². The fourth-order valence-corrected chi connectivity index (χ4v) is 5.90. The third-order valence-corrected chi connectivity index (χ3v) is 7.74. The minimum atomic E-state index is 0.0634. The summed E-state index contributed by atoms with van der Waals surface area (Å²) in [7, 11) is 1.88. The van der Waals surface area contributed by atoms with Gasteiger partial charge in [0.1, 0.15) is 9.71 Å². The Morgan fingerprint density at radius 3 is 2.71 bits per heavy atom. The van der Waals surface area contributed by atoms with Crippen LogP contribution in [0.5, 0.6) is 0 Å². The van der Waals surface area contributed by atoms with E-state index in [2.05, 4.69) is 29.4 Å². The summed E-state index contributed by atoms with van der Waals surface area (Å²) in [4.78, 5) is 22.0. The van der Waals surface area contributed by atoms with Gasteiger partial charge in [-0.1, -0.05) is 41.9 Å². The molecule has 0 saturated carbocycles. The second kappa shape index (κ2) is 7.77. The average Bonchev–Trinajstić information content (AvgIpc) is 3.50. The van der Waals surface area contributed by atoms with Gasteiger partial charge in [-0.2, -0.15) is 5.10 Å². The molecule has 1 unspecified atom stereocenters. The number of carbonyl (C=O) groups is 1. The van der Waals surface area contributed by atoms with Crippen LogP contribution in [-0.4, -0.2) is 38.7 Å². The first-order valence-electron chi connectivity index (χ1n) is 10.4. The fourth-order valence-electron chi connectivity index (χ4n) is 4.49. The van der Waals surface area contributed by atoms with Gasteiger partial charge < -0.3 is 4.90 Å². The zero-order chi connectivity index (χ0) is 21.7. The van der Waals surface area contributed by atoms with Crippen LogP contribution in [0.2, 0.25) is 5.02 Å². The van der Waals surface area contributed by atoms with Crippen LogP contribution in [0.15, 0.2) is 42.7 Å². The highest BCUT2D eigenvalue weighted by atomic mass is 35.5. The molecule has 1 atom stereocenters. The van der Waals surface area contributed by atoms with Gasteiger partial charge in [0.15, 0.2) is 0 Å². The first-order chi connectivity index (χ1) is 14.9. The Balaban J connectivity index is 1.59. The maximum Gasteiger partial charge on any atom is 0.264 e. The molecule has 0 bridgehead atoms. The molecule has 1 aromatic carbocycles. The number of rotatable bonds is 3. The Kier molecular flexibility index (Phi) is 5.07. The molecular weight excluding hydrogens is 428 g/mol. The summed E-state index contributed by atoms with van der Waals surface area (Å²) in [6.45, 7) is 5.40. The summed E-state index contributed by atoms with van der Waals surface area (Å²) < 4.78 is 1.76. The van der Waals surface area contributed by atoms with E-state index >= 15 is 0 Å². The zero-order valence-electron chi connectivity index (χ0n) is 17.7. The SMILES string of the molecule is Cc1nc2sc(C(=O)N3CCC(c4ccccc4)C3)c(-c3cnn(C)c3)c2c(C)c1Cl. The molecule has 0 N–H and O–H groups in total. The van der Waals surface area contributed by atoms with Crippen molar-refractivity contribution in [2.75, 3.05) is 13.1 Å². The Morgan fingerprint density at radius 1 is 1.23 bits per heavy atom. The van der Waals surface area contributed by atoms with Crippen molar-refractivity contribution in [1.29, 1.82) is 0 Å². The predicted octanol–water partition coefficient (Wildman–Crippen LogP) is 5.60. The summed E-state index contributed by atoms with van der Waals surface area (Å²) in [5.74, 6) is 0.436. The predicted molar refractivity (Wildman–Crippen MR) is 126 cm³/mol. The molecule has 1 fully saturated rings. The van der Waals surface area contributed by atoms with Crippen molar-refractivity contribution in [1.82, 2.24) is 19.7 Å². The lowest BCUT2D eigenvalue weighted by molar-refractivity contribution is 0.0796. The first kappa shape index (κ1) is 20.2. The number of hydrogen-bond acceptors (Lipinski definition) is 4. The fraction of sp³-hybridized carbons (Fsp3) is 0.292. The van der Waals surface area contributed by atoms with Gasteiger partial charge >= 0.3 is 0 Å². The minimum absolute atomic E-state index is 0.0634. The molecule has 0 radical (unpaired) electrons. The number of hydrogen-bond donors (Lipinski definition) is 0.